The van der Waals surface area contributed by atoms with Crippen molar-refractivity contribution in [1.82, 2.24) is 25.4 Å². The van der Waals surface area contributed by atoms with Crippen molar-refractivity contribution in [2.75, 3.05) is 19.6 Å². The molecule has 4 N–H and O–H groups in total. The average Bonchev–Trinajstić information content (AvgIpc) is 3.35. The molecule has 0 radical (unpaired) electrons. The lowest BCUT2D eigenvalue weighted by Gasteiger charge is -2.22. The highest BCUT2D eigenvalue weighted by atomic mass is 16.4. The molecule has 3 heterocycles. The SMILES string of the molecule is Cn1nc(-c2cc3cc(CNCC4CCNCC4)ccc3[nH]2)c2ccc(C(=O)O)cc21. The molecule has 160 valence electrons. The predicted molar refractivity (Wildman–Crippen MR) is 122 cm³/mol. The van der Waals surface area contributed by atoms with Gasteiger partial charge in [-0.1, -0.05) is 6.07 Å². The Hall–Kier alpha value is -3.16. The van der Waals surface area contributed by atoms with Gasteiger partial charge in [0, 0.05) is 29.9 Å². The number of aromatic carboxylic acids is 1. The van der Waals surface area contributed by atoms with Crippen molar-refractivity contribution in [3.63, 3.8) is 0 Å². The number of nitrogens with one attached hydrogen (secondary N) is 3. The van der Waals surface area contributed by atoms with Gasteiger partial charge in [-0.3, -0.25) is 4.68 Å². The van der Waals surface area contributed by atoms with Crippen molar-refractivity contribution >= 4 is 27.8 Å². The second kappa shape index (κ2) is 8.17. The van der Waals surface area contributed by atoms with E-state index >= 15 is 0 Å². The van der Waals surface area contributed by atoms with Gasteiger partial charge in [0.1, 0.15) is 5.69 Å². The van der Waals surface area contributed by atoms with Crippen molar-refractivity contribution in [3.05, 3.63) is 53.6 Å². The molecular weight excluding hydrogens is 390 g/mol. The van der Waals surface area contributed by atoms with Gasteiger partial charge >= 0.3 is 5.97 Å². The molecule has 2 aromatic heterocycles. The number of aryl methyl sites for hydroxylation is 1. The fraction of sp³-hybridized carbons (Fsp3) is 0.333. The number of aromatic amines is 1. The topological polar surface area (TPSA) is 95.0 Å². The van der Waals surface area contributed by atoms with E-state index in [-0.39, 0.29) is 5.56 Å². The second-order valence-corrected chi connectivity index (χ2v) is 8.44. The number of carbonyl (C=O) groups is 1. The van der Waals surface area contributed by atoms with Crippen LogP contribution in [0.5, 0.6) is 0 Å². The van der Waals surface area contributed by atoms with Gasteiger partial charge in [-0.15, -0.1) is 0 Å². The number of carboxylic acids is 1. The van der Waals surface area contributed by atoms with E-state index in [1.165, 1.54) is 18.4 Å². The molecule has 1 aliphatic rings. The number of benzene rings is 2. The first-order valence-corrected chi connectivity index (χ1v) is 10.8. The van der Waals surface area contributed by atoms with Crippen LogP contribution in [-0.2, 0) is 13.6 Å². The summed E-state index contributed by atoms with van der Waals surface area (Å²) in [7, 11) is 1.84. The molecule has 1 aliphatic heterocycles. The van der Waals surface area contributed by atoms with Crippen molar-refractivity contribution in [2.45, 2.75) is 19.4 Å². The minimum atomic E-state index is -0.934. The summed E-state index contributed by atoms with van der Waals surface area (Å²) in [6.45, 7) is 4.19. The van der Waals surface area contributed by atoms with Gasteiger partial charge in [0.05, 0.1) is 16.8 Å². The van der Waals surface area contributed by atoms with Gasteiger partial charge in [-0.25, -0.2) is 4.79 Å². The van der Waals surface area contributed by atoms with Crippen LogP contribution in [0.4, 0.5) is 0 Å². The summed E-state index contributed by atoms with van der Waals surface area (Å²) < 4.78 is 1.73. The first-order valence-electron chi connectivity index (χ1n) is 10.8. The van der Waals surface area contributed by atoms with Crippen LogP contribution in [0.2, 0.25) is 0 Å². The first kappa shape index (κ1) is 19.8. The monoisotopic (exact) mass is 417 g/mol. The van der Waals surface area contributed by atoms with Crippen molar-refractivity contribution < 1.29 is 9.90 Å². The molecule has 0 atom stereocenters. The highest BCUT2D eigenvalue weighted by molar-refractivity contribution is 5.99. The molecule has 7 nitrogen and oxygen atoms in total. The van der Waals surface area contributed by atoms with E-state index in [1.807, 2.05) is 13.1 Å². The summed E-state index contributed by atoms with van der Waals surface area (Å²) in [4.78, 5) is 14.8. The number of carboxylic acid groups (broad SMARTS) is 1. The Labute approximate surface area is 180 Å². The number of fused-ring (bicyclic) bond motifs is 2. The zero-order valence-corrected chi connectivity index (χ0v) is 17.6. The zero-order chi connectivity index (χ0) is 21.4. The minimum Gasteiger partial charge on any atom is -0.478 e. The van der Waals surface area contributed by atoms with Crippen LogP contribution in [0, 0.1) is 5.92 Å². The highest BCUT2D eigenvalue weighted by Gasteiger charge is 2.16. The van der Waals surface area contributed by atoms with Gasteiger partial charge in [-0.05, 0) is 80.4 Å². The maximum Gasteiger partial charge on any atom is 0.335 e. The predicted octanol–water partition coefficient (Wildman–Crippen LogP) is 3.51. The molecule has 0 aliphatic carbocycles. The van der Waals surface area contributed by atoms with E-state index in [9.17, 15) is 9.90 Å². The van der Waals surface area contributed by atoms with Gasteiger partial charge < -0.3 is 20.7 Å². The molecule has 0 saturated carbocycles. The molecule has 2 aromatic carbocycles. The number of H-pyrrole nitrogens is 1. The zero-order valence-electron chi connectivity index (χ0n) is 17.6. The third kappa shape index (κ3) is 3.94. The van der Waals surface area contributed by atoms with Gasteiger partial charge in [0.25, 0.3) is 0 Å². The van der Waals surface area contributed by atoms with Gasteiger partial charge in [0.15, 0.2) is 0 Å². The van der Waals surface area contributed by atoms with E-state index in [0.29, 0.717) is 0 Å². The molecule has 31 heavy (non-hydrogen) atoms. The highest BCUT2D eigenvalue weighted by Crippen LogP contribution is 2.30. The molecule has 1 fully saturated rings. The largest absolute Gasteiger partial charge is 0.478 e. The molecule has 0 spiro atoms. The summed E-state index contributed by atoms with van der Waals surface area (Å²) in [5, 5.41) is 23.0. The number of nitrogens with zero attached hydrogens (tertiary/aromatic N) is 2. The molecule has 0 unspecified atom stereocenters. The third-order valence-electron chi connectivity index (χ3n) is 6.26. The van der Waals surface area contributed by atoms with E-state index in [4.69, 9.17) is 0 Å². The van der Waals surface area contributed by atoms with Crippen LogP contribution in [0.3, 0.4) is 0 Å². The van der Waals surface area contributed by atoms with E-state index in [0.717, 1.165) is 65.3 Å². The van der Waals surface area contributed by atoms with E-state index in [2.05, 4.69) is 45.0 Å². The fourth-order valence-corrected chi connectivity index (χ4v) is 4.52. The molecule has 0 bridgehead atoms. The standard InChI is InChI=1S/C24H27N5O2/c1-29-22-12-17(24(30)31)3-4-19(22)23(28-29)21-11-18-10-16(2-5-20(18)27-21)14-26-13-15-6-8-25-9-7-15/h2-5,10-12,15,25-27H,6-9,13-14H2,1H3,(H,30,31). The molecule has 5 rings (SSSR count). The summed E-state index contributed by atoms with van der Waals surface area (Å²) in [6, 6.07) is 13.8. The van der Waals surface area contributed by atoms with Crippen molar-refractivity contribution in [2.24, 2.45) is 13.0 Å². The van der Waals surface area contributed by atoms with Crippen molar-refractivity contribution in [1.29, 1.82) is 0 Å². The van der Waals surface area contributed by atoms with Gasteiger partial charge in [0.2, 0.25) is 0 Å². The average molecular weight is 418 g/mol. The first-order chi connectivity index (χ1) is 15.1. The molecule has 4 aromatic rings. The van der Waals surface area contributed by atoms with Gasteiger partial charge in [-0.2, -0.15) is 5.10 Å². The smallest absolute Gasteiger partial charge is 0.335 e. The second-order valence-electron chi connectivity index (χ2n) is 8.44. The molecule has 1 saturated heterocycles. The lowest BCUT2D eigenvalue weighted by Crippen LogP contribution is -2.33. The lowest BCUT2D eigenvalue weighted by molar-refractivity contribution is 0.0697. The molecule has 0 amide bonds. The third-order valence-corrected chi connectivity index (χ3v) is 6.26. The van der Waals surface area contributed by atoms with Crippen LogP contribution >= 0.6 is 0 Å². The summed E-state index contributed by atoms with van der Waals surface area (Å²) in [5.41, 5.74) is 5.17. The Bertz CT molecular complexity index is 1250. The molecule has 7 heteroatoms. The summed E-state index contributed by atoms with van der Waals surface area (Å²) >= 11 is 0. The number of hydrogen-bond donors (Lipinski definition) is 4. The Kier molecular flexibility index (Phi) is 5.21. The van der Waals surface area contributed by atoms with Crippen LogP contribution in [-0.4, -0.2) is 45.5 Å². The van der Waals surface area contributed by atoms with Crippen LogP contribution in [0.1, 0.15) is 28.8 Å². The van der Waals surface area contributed by atoms with Crippen LogP contribution in [0.25, 0.3) is 33.2 Å². The van der Waals surface area contributed by atoms with Crippen LogP contribution in [0.15, 0.2) is 42.5 Å². The Morgan fingerprint density at radius 2 is 2.03 bits per heavy atom. The number of hydrogen-bond acceptors (Lipinski definition) is 4. The quantitative estimate of drug-likeness (QED) is 0.385. The summed E-state index contributed by atoms with van der Waals surface area (Å²) in [5.74, 6) is -0.167. The Morgan fingerprint density at radius 3 is 2.84 bits per heavy atom. The van der Waals surface area contributed by atoms with Crippen molar-refractivity contribution in [3.8, 4) is 11.4 Å². The normalized spacial score (nSPS) is 15.1. The Morgan fingerprint density at radius 1 is 1.19 bits per heavy atom. The fourth-order valence-electron chi connectivity index (χ4n) is 4.52. The van der Waals surface area contributed by atoms with E-state index in [1.54, 1.807) is 16.8 Å². The van der Waals surface area contributed by atoms with Crippen LogP contribution < -0.4 is 10.6 Å². The molecular formula is C24H27N5O2. The number of piperidine rings is 1. The number of aromatic nitrogens is 3. The Balaban J connectivity index is 1.38. The van der Waals surface area contributed by atoms with E-state index < -0.39 is 5.97 Å². The maximum absolute atomic E-state index is 11.3. The summed E-state index contributed by atoms with van der Waals surface area (Å²) in [6.07, 6.45) is 2.50. The minimum absolute atomic E-state index is 0.264. The lowest BCUT2D eigenvalue weighted by atomic mass is 9.98. The maximum atomic E-state index is 11.3. The number of rotatable bonds is 6.